The summed E-state index contributed by atoms with van der Waals surface area (Å²) in [6, 6.07) is -1.89. The second-order valence-electron chi connectivity index (χ2n) is 4.92. The molecule has 0 saturated carbocycles. The molecule has 1 unspecified atom stereocenters. The number of methoxy groups -OCH3 is 1. The fraction of sp³-hybridized carbons (Fsp3) is 0.500. The van der Waals surface area contributed by atoms with Crippen LogP contribution in [0.3, 0.4) is 0 Å². The Morgan fingerprint density at radius 2 is 2.10 bits per heavy atom. The first kappa shape index (κ1) is 17.1. The highest BCUT2D eigenvalue weighted by Gasteiger charge is 2.41. The second kappa shape index (κ2) is 7.14. The van der Waals surface area contributed by atoms with Crippen molar-refractivity contribution in [2.24, 2.45) is 5.73 Å². The van der Waals surface area contributed by atoms with Gasteiger partial charge < -0.3 is 15.6 Å². The summed E-state index contributed by atoms with van der Waals surface area (Å²) in [7, 11) is 1.25. The number of carbonyl (C=O) groups is 3. The smallest absolute Gasteiger partial charge is 0.322 e. The summed E-state index contributed by atoms with van der Waals surface area (Å²) >= 11 is 0. The van der Waals surface area contributed by atoms with Crippen LogP contribution in [0.15, 0.2) is 24.3 Å². The van der Waals surface area contributed by atoms with E-state index in [9.17, 15) is 14.4 Å². The third kappa shape index (κ3) is 4.24. The second-order valence-corrected chi connectivity index (χ2v) is 4.92. The van der Waals surface area contributed by atoms with Gasteiger partial charge >= 0.3 is 11.9 Å². The summed E-state index contributed by atoms with van der Waals surface area (Å²) in [6.45, 7) is 1.57. The molecular weight excluding hydrogens is 276 g/mol. The van der Waals surface area contributed by atoms with E-state index in [4.69, 9.17) is 10.8 Å². The number of carboxylic acids is 1. The van der Waals surface area contributed by atoms with E-state index in [1.54, 1.807) is 31.2 Å². The molecule has 0 bridgehead atoms. The van der Waals surface area contributed by atoms with Crippen LogP contribution in [0.4, 0.5) is 0 Å². The molecule has 0 aromatic carbocycles. The van der Waals surface area contributed by atoms with Crippen LogP contribution in [0.5, 0.6) is 0 Å². The Balaban J connectivity index is 2.96. The molecule has 1 aliphatic carbocycles. The van der Waals surface area contributed by atoms with Gasteiger partial charge in [0.25, 0.3) is 0 Å². The van der Waals surface area contributed by atoms with E-state index in [0.717, 1.165) is 0 Å². The van der Waals surface area contributed by atoms with Gasteiger partial charge in [-0.3, -0.25) is 19.7 Å². The lowest BCUT2D eigenvalue weighted by atomic mass is 9.82. The van der Waals surface area contributed by atoms with Crippen molar-refractivity contribution >= 4 is 17.7 Å². The predicted octanol–water partition coefficient (Wildman–Crippen LogP) is -0.236. The van der Waals surface area contributed by atoms with Gasteiger partial charge in [0, 0.05) is 0 Å². The number of nitrogens with two attached hydrogens (primary N) is 1. The summed E-state index contributed by atoms with van der Waals surface area (Å²) < 4.78 is 4.62. The molecule has 0 heterocycles. The zero-order valence-corrected chi connectivity index (χ0v) is 12.0. The van der Waals surface area contributed by atoms with E-state index in [1.165, 1.54) is 7.11 Å². The lowest BCUT2D eigenvalue weighted by Crippen LogP contribution is -2.60. The number of hydrogen-bond acceptors (Lipinski definition) is 6. The number of nitrogens with one attached hydrogen (secondary N) is 1. The number of esters is 1. The zero-order valence-electron chi connectivity index (χ0n) is 12.0. The third-order valence-corrected chi connectivity index (χ3v) is 3.27. The highest BCUT2D eigenvalue weighted by Crippen LogP contribution is 2.22. The highest BCUT2D eigenvalue weighted by atomic mass is 16.5. The molecule has 21 heavy (non-hydrogen) atoms. The number of carboxylic acid groups (broad SMARTS) is 1. The Bertz CT molecular complexity index is 486. The number of rotatable bonds is 7. The van der Waals surface area contributed by atoms with Crippen LogP contribution in [-0.2, 0) is 19.1 Å². The monoisotopic (exact) mass is 296 g/mol. The average molecular weight is 296 g/mol. The fourth-order valence-corrected chi connectivity index (χ4v) is 2.21. The van der Waals surface area contributed by atoms with Gasteiger partial charge in [-0.2, -0.15) is 0 Å². The van der Waals surface area contributed by atoms with Gasteiger partial charge in [-0.1, -0.05) is 24.3 Å². The average Bonchev–Trinajstić information content (AvgIpc) is 2.45. The van der Waals surface area contributed by atoms with Gasteiger partial charge in [0.1, 0.15) is 11.6 Å². The summed E-state index contributed by atoms with van der Waals surface area (Å²) in [4.78, 5) is 34.8. The number of hydrogen-bond donors (Lipinski definition) is 3. The van der Waals surface area contributed by atoms with Crippen molar-refractivity contribution in [3.05, 3.63) is 24.3 Å². The van der Waals surface area contributed by atoms with Crippen LogP contribution >= 0.6 is 0 Å². The molecule has 0 saturated heterocycles. The molecule has 0 fully saturated rings. The molecule has 0 spiro atoms. The lowest BCUT2D eigenvalue weighted by molar-refractivity contribution is -0.144. The number of ether oxygens (including phenoxy) is 1. The minimum Gasteiger partial charge on any atom is -0.481 e. The Kier molecular flexibility index (Phi) is 5.80. The number of aliphatic carboxylic acids is 1. The normalized spacial score (nSPS) is 23.4. The molecule has 0 aromatic rings. The third-order valence-electron chi connectivity index (χ3n) is 3.27. The van der Waals surface area contributed by atoms with Crippen molar-refractivity contribution in [2.75, 3.05) is 7.11 Å². The van der Waals surface area contributed by atoms with Crippen molar-refractivity contribution < 1.29 is 24.2 Å². The van der Waals surface area contributed by atoms with E-state index in [0.29, 0.717) is 0 Å². The molecular formula is C14H20N2O5. The summed E-state index contributed by atoms with van der Waals surface area (Å²) in [5.41, 5.74) is 4.48. The van der Waals surface area contributed by atoms with E-state index in [2.05, 4.69) is 10.1 Å². The van der Waals surface area contributed by atoms with Crippen LogP contribution in [0, 0.1) is 0 Å². The minimum atomic E-state index is -1.20. The van der Waals surface area contributed by atoms with Gasteiger partial charge in [0.15, 0.2) is 5.78 Å². The lowest BCUT2D eigenvalue weighted by Gasteiger charge is -2.34. The Labute approximate surface area is 122 Å². The molecule has 0 radical (unpaired) electrons. The molecule has 7 heteroatoms. The maximum atomic E-state index is 12.5. The molecule has 0 amide bonds. The molecule has 3 atom stereocenters. The number of allylic oxidation sites excluding steroid dienone is 2. The van der Waals surface area contributed by atoms with E-state index >= 15 is 0 Å². The van der Waals surface area contributed by atoms with Gasteiger partial charge in [-0.25, -0.2) is 0 Å². The van der Waals surface area contributed by atoms with Gasteiger partial charge in [0.05, 0.1) is 19.6 Å². The molecule has 1 rings (SSSR count). The minimum absolute atomic E-state index is 0.289. The first-order chi connectivity index (χ1) is 9.82. The summed E-state index contributed by atoms with van der Waals surface area (Å²) in [5.74, 6) is -2.14. The molecule has 4 N–H and O–H groups in total. The largest absolute Gasteiger partial charge is 0.481 e. The summed E-state index contributed by atoms with van der Waals surface area (Å²) in [6.07, 6.45) is 6.59. The van der Waals surface area contributed by atoms with Crippen molar-refractivity contribution in [3.63, 3.8) is 0 Å². The number of carbonyl (C=O) groups excluding carboxylic acids is 2. The summed E-state index contributed by atoms with van der Waals surface area (Å²) in [5, 5.41) is 11.7. The van der Waals surface area contributed by atoms with E-state index in [-0.39, 0.29) is 6.42 Å². The van der Waals surface area contributed by atoms with E-state index < -0.39 is 41.8 Å². The van der Waals surface area contributed by atoms with Gasteiger partial charge in [-0.05, 0) is 13.3 Å². The zero-order chi connectivity index (χ0) is 16.0. The van der Waals surface area contributed by atoms with Crippen LogP contribution < -0.4 is 11.1 Å². The SMILES string of the molecule is COC(=O)[C@H](C)NC1(C(=O)[C@@H](N)CC(=O)O)C=CC=CC1. The van der Waals surface area contributed by atoms with Crippen molar-refractivity contribution in [2.45, 2.75) is 37.4 Å². The van der Waals surface area contributed by atoms with Crippen molar-refractivity contribution in [3.8, 4) is 0 Å². The Hall–Kier alpha value is -1.99. The molecule has 0 aliphatic heterocycles. The molecule has 0 aromatic heterocycles. The number of ketones is 1. The first-order valence-electron chi connectivity index (χ1n) is 6.54. The standard InChI is InChI=1S/C14H20N2O5/c1-9(13(20)21-2)16-14(6-4-3-5-7-14)12(19)10(15)8-11(17)18/h3-6,9-10,16H,7-8,15H2,1-2H3,(H,17,18)/t9-,10-,14?/m0/s1. The van der Waals surface area contributed by atoms with Crippen LogP contribution in [0.2, 0.25) is 0 Å². The highest BCUT2D eigenvalue weighted by molar-refractivity contribution is 5.97. The fourth-order valence-electron chi connectivity index (χ4n) is 2.21. The maximum Gasteiger partial charge on any atom is 0.322 e. The van der Waals surface area contributed by atoms with Crippen LogP contribution in [0.25, 0.3) is 0 Å². The topological polar surface area (TPSA) is 119 Å². The van der Waals surface area contributed by atoms with Crippen molar-refractivity contribution in [1.29, 1.82) is 0 Å². The first-order valence-corrected chi connectivity index (χ1v) is 6.54. The van der Waals surface area contributed by atoms with Crippen LogP contribution in [0.1, 0.15) is 19.8 Å². The van der Waals surface area contributed by atoms with Gasteiger partial charge in [0.2, 0.25) is 0 Å². The van der Waals surface area contributed by atoms with Crippen molar-refractivity contribution in [1.82, 2.24) is 5.32 Å². The van der Waals surface area contributed by atoms with Gasteiger partial charge in [-0.15, -0.1) is 0 Å². The molecule has 7 nitrogen and oxygen atoms in total. The number of Topliss-reactive ketones (excluding diaryl/α,β-unsaturated/α-hetero) is 1. The molecule has 1 aliphatic rings. The Morgan fingerprint density at radius 3 is 2.57 bits per heavy atom. The maximum absolute atomic E-state index is 12.5. The Morgan fingerprint density at radius 1 is 1.43 bits per heavy atom. The predicted molar refractivity (Wildman–Crippen MR) is 75.5 cm³/mol. The van der Waals surface area contributed by atoms with E-state index in [1.807, 2.05) is 0 Å². The quantitative estimate of drug-likeness (QED) is 0.555. The molecule has 116 valence electrons. The van der Waals surface area contributed by atoms with Crippen LogP contribution in [-0.4, -0.2) is 47.6 Å².